The molecular weight excluding hydrogens is 190 g/mol. The molecule has 0 saturated carbocycles. The highest BCUT2D eigenvalue weighted by molar-refractivity contribution is 5.24. The molecular formula is C11H13N3O. The molecule has 4 heteroatoms. The van der Waals surface area contributed by atoms with Crippen LogP contribution in [0.2, 0.25) is 0 Å². The zero-order valence-electron chi connectivity index (χ0n) is 8.57. The highest BCUT2D eigenvalue weighted by Crippen LogP contribution is 2.08. The Bertz CT molecular complexity index is 451. The monoisotopic (exact) mass is 203 g/mol. The lowest BCUT2D eigenvalue weighted by Gasteiger charge is -1.98. The highest BCUT2D eigenvalue weighted by atomic mass is 16.3. The maximum absolute atomic E-state index is 8.82. The first-order valence-corrected chi connectivity index (χ1v) is 4.84. The number of benzene rings is 1. The summed E-state index contributed by atoms with van der Waals surface area (Å²) in [6.07, 6.45) is 0.717. The van der Waals surface area contributed by atoms with Gasteiger partial charge in [-0.3, -0.25) is 5.10 Å². The average molecular weight is 203 g/mol. The van der Waals surface area contributed by atoms with Gasteiger partial charge in [-0.25, -0.2) is 4.98 Å². The lowest BCUT2D eigenvalue weighted by atomic mass is 10.1. The van der Waals surface area contributed by atoms with E-state index in [4.69, 9.17) is 5.11 Å². The normalized spacial score (nSPS) is 10.5. The van der Waals surface area contributed by atoms with E-state index >= 15 is 0 Å². The third-order valence-corrected chi connectivity index (χ3v) is 2.17. The van der Waals surface area contributed by atoms with Gasteiger partial charge >= 0.3 is 0 Å². The molecule has 1 aromatic heterocycles. The maximum Gasteiger partial charge on any atom is 0.176 e. The second-order valence-electron chi connectivity index (χ2n) is 3.52. The van der Waals surface area contributed by atoms with Crippen molar-refractivity contribution < 1.29 is 5.11 Å². The Morgan fingerprint density at radius 2 is 2.27 bits per heavy atom. The zero-order chi connectivity index (χ0) is 10.7. The van der Waals surface area contributed by atoms with Gasteiger partial charge in [-0.05, 0) is 12.5 Å². The van der Waals surface area contributed by atoms with Gasteiger partial charge < -0.3 is 5.11 Å². The van der Waals surface area contributed by atoms with Gasteiger partial charge in [0.15, 0.2) is 5.82 Å². The van der Waals surface area contributed by atoms with Crippen LogP contribution in [0.3, 0.4) is 0 Å². The summed E-state index contributed by atoms with van der Waals surface area (Å²) in [5, 5.41) is 15.5. The van der Waals surface area contributed by atoms with Gasteiger partial charge in [-0.1, -0.05) is 29.8 Å². The molecule has 1 heterocycles. The van der Waals surface area contributed by atoms with Gasteiger partial charge in [0.05, 0.1) is 0 Å². The van der Waals surface area contributed by atoms with Gasteiger partial charge in [-0.15, -0.1) is 0 Å². The van der Waals surface area contributed by atoms with Crippen molar-refractivity contribution >= 4 is 0 Å². The molecule has 2 aromatic rings. The van der Waals surface area contributed by atoms with Gasteiger partial charge in [0.2, 0.25) is 0 Å². The van der Waals surface area contributed by atoms with E-state index in [0.29, 0.717) is 12.2 Å². The Morgan fingerprint density at radius 3 is 2.93 bits per heavy atom. The number of aromatic nitrogens is 3. The number of hydrogen-bond acceptors (Lipinski definition) is 3. The van der Waals surface area contributed by atoms with Crippen LogP contribution in [0.4, 0.5) is 0 Å². The van der Waals surface area contributed by atoms with Crippen LogP contribution in [-0.4, -0.2) is 20.3 Å². The minimum Gasteiger partial charge on any atom is -0.388 e. The molecule has 0 aliphatic rings. The van der Waals surface area contributed by atoms with Gasteiger partial charge in [0, 0.05) is 6.42 Å². The van der Waals surface area contributed by atoms with Crippen molar-refractivity contribution in [3.05, 3.63) is 47.0 Å². The first-order valence-electron chi connectivity index (χ1n) is 4.84. The molecule has 0 unspecified atom stereocenters. The number of rotatable bonds is 3. The van der Waals surface area contributed by atoms with Crippen molar-refractivity contribution in [3.63, 3.8) is 0 Å². The minimum atomic E-state index is -0.121. The van der Waals surface area contributed by atoms with Crippen LogP contribution >= 0.6 is 0 Å². The second-order valence-corrected chi connectivity index (χ2v) is 3.52. The van der Waals surface area contributed by atoms with E-state index in [1.807, 2.05) is 12.1 Å². The lowest BCUT2D eigenvalue weighted by molar-refractivity contribution is 0.272. The predicted octanol–water partition coefficient (Wildman–Crippen LogP) is 1.20. The standard InChI is InChI=1S/C11H13N3O/c1-8-3-2-4-9(5-8)6-10-12-11(7-15)14-13-10/h2-5,15H,6-7H2,1H3,(H,12,13,14). The largest absolute Gasteiger partial charge is 0.388 e. The summed E-state index contributed by atoms with van der Waals surface area (Å²) in [4.78, 5) is 4.14. The molecule has 0 saturated heterocycles. The van der Waals surface area contributed by atoms with E-state index in [0.717, 1.165) is 5.82 Å². The van der Waals surface area contributed by atoms with Gasteiger partial charge in [0.25, 0.3) is 0 Å². The third-order valence-electron chi connectivity index (χ3n) is 2.17. The van der Waals surface area contributed by atoms with Crippen LogP contribution in [0.1, 0.15) is 22.8 Å². The molecule has 78 valence electrons. The average Bonchev–Trinajstić information content (AvgIpc) is 2.65. The van der Waals surface area contributed by atoms with Crippen LogP contribution < -0.4 is 0 Å². The molecule has 0 radical (unpaired) electrons. The molecule has 15 heavy (non-hydrogen) atoms. The van der Waals surface area contributed by atoms with Crippen molar-refractivity contribution in [1.82, 2.24) is 15.2 Å². The Balaban J connectivity index is 2.14. The van der Waals surface area contributed by atoms with Crippen LogP contribution in [0.15, 0.2) is 24.3 Å². The van der Waals surface area contributed by atoms with Crippen molar-refractivity contribution in [2.75, 3.05) is 0 Å². The number of nitrogens with zero attached hydrogens (tertiary/aromatic N) is 2. The van der Waals surface area contributed by atoms with E-state index in [2.05, 4.69) is 34.2 Å². The number of nitrogens with one attached hydrogen (secondary N) is 1. The molecule has 0 aliphatic heterocycles. The Labute approximate surface area is 88.0 Å². The zero-order valence-corrected chi connectivity index (χ0v) is 8.57. The van der Waals surface area contributed by atoms with Crippen molar-refractivity contribution in [2.24, 2.45) is 0 Å². The number of aryl methyl sites for hydroxylation is 1. The quantitative estimate of drug-likeness (QED) is 0.787. The summed E-state index contributed by atoms with van der Waals surface area (Å²) in [6.45, 7) is 1.94. The fraction of sp³-hybridized carbons (Fsp3) is 0.273. The first-order chi connectivity index (χ1) is 7.28. The molecule has 0 amide bonds. The SMILES string of the molecule is Cc1cccc(Cc2nc(CO)n[nH]2)c1. The molecule has 1 aromatic carbocycles. The Kier molecular flexibility index (Phi) is 2.78. The van der Waals surface area contributed by atoms with Crippen molar-refractivity contribution in [1.29, 1.82) is 0 Å². The second kappa shape index (κ2) is 4.23. The van der Waals surface area contributed by atoms with Crippen molar-refractivity contribution in [2.45, 2.75) is 20.0 Å². The third kappa shape index (κ3) is 2.41. The molecule has 0 fully saturated rings. The van der Waals surface area contributed by atoms with Crippen LogP contribution in [0.25, 0.3) is 0 Å². The first kappa shape index (κ1) is 9.86. The molecule has 4 nitrogen and oxygen atoms in total. The molecule has 0 bridgehead atoms. The van der Waals surface area contributed by atoms with E-state index in [9.17, 15) is 0 Å². The Morgan fingerprint density at radius 1 is 1.40 bits per heavy atom. The summed E-state index contributed by atoms with van der Waals surface area (Å²) in [5.74, 6) is 1.22. The van der Waals surface area contributed by atoms with Gasteiger partial charge in [0.1, 0.15) is 12.4 Å². The lowest BCUT2D eigenvalue weighted by Crippen LogP contribution is -1.91. The molecule has 2 rings (SSSR count). The predicted molar refractivity (Wildman–Crippen MR) is 56.3 cm³/mol. The maximum atomic E-state index is 8.82. The highest BCUT2D eigenvalue weighted by Gasteiger charge is 2.02. The number of aromatic amines is 1. The van der Waals surface area contributed by atoms with E-state index in [1.54, 1.807) is 0 Å². The fourth-order valence-corrected chi connectivity index (χ4v) is 1.50. The topological polar surface area (TPSA) is 61.8 Å². The van der Waals surface area contributed by atoms with E-state index < -0.39 is 0 Å². The molecule has 0 spiro atoms. The van der Waals surface area contributed by atoms with Crippen LogP contribution in [-0.2, 0) is 13.0 Å². The van der Waals surface area contributed by atoms with E-state index in [-0.39, 0.29) is 6.61 Å². The van der Waals surface area contributed by atoms with Crippen LogP contribution in [0.5, 0.6) is 0 Å². The van der Waals surface area contributed by atoms with Gasteiger partial charge in [-0.2, -0.15) is 5.10 Å². The summed E-state index contributed by atoms with van der Waals surface area (Å²) in [6, 6.07) is 8.24. The minimum absolute atomic E-state index is 0.121. The number of aliphatic hydroxyl groups is 1. The smallest absolute Gasteiger partial charge is 0.176 e. The fourth-order valence-electron chi connectivity index (χ4n) is 1.50. The number of H-pyrrole nitrogens is 1. The number of hydrogen-bond donors (Lipinski definition) is 2. The summed E-state index contributed by atoms with van der Waals surface area (Å²) >= 11 is 0. The molecule has 2 N–H and O–H groups in total. The summed E-state index contributed by atoms with van der Waals surface area (Å²) < 4.78 is 0. The Hall–Kier alpha value is -1.68. The van der Waals surface area contributed by atoms with Crippen LogP contribution in [0, 0.1) is 6.92 Å². The number of aliphatic hydroxyl groups excluding tert-OH is 1. The van der Waals surface area contributed by atoms with Crippen molar-refractivity contribution in [3.8, 4) is 0 Å². The molecule has 0 aliphatic carbocycles. The van der Waals surface area contributed by atoms with E-state index in [1.165, 1.54) is 11.1 Å². The summed E-state index contributed by atoms with van der Waals surface area (Å²) in [5.41, 5.74) is 2.42. The molecule has 0 atom stereocenters. The summed E-state index contributed by atoms with van der Waals surface area (Å²) in [7, 11) is 0.